The van der Waals surface area contributed by atoms with Crippen LogP contribution in [0.2, 0.25) is 0 Å². The number of rotatable bonds is 3. The number of aromatic hydroxyl groups is 1. The first-order valence-electron chi connectivity index (χ1n) is 10.2. The van der Waals surface area contributed by atoms with Gasteiger partial charge in [0.15, 0.2) is 0 Å². The van der Waals surface area contributed by atoms with E-state index in [0.717, 1.165) is 5.56 Å². The Morgan fingerprint density at radius 3 is 2.40 bits per heavy atom. The smallest absolute Gasteiger partial charge is 0.312 e. The third-order valence-corrected chi connectivity index (χ3v) is 7.03. The highest BCUT2D eigenvalue weighted by atomic mass is 16.6. The normalized spacial score (nSPS) is 32.9. The number of hydrogen-bond donors (Lipinski definition) is 2. The van der Waals surface area contributed by atoms with E-state index in [0.29, 0.717) is 11.1 Å². The summed E-state index contributed by atoms with van der Waals surface area (Å²) in [7, 11) is 1.27. The molecular weight excluding hydrogens is 388 g/mol. The minimum Gasteiger partial charge on any atom is -0.508 e. The first-order chi connectivity index (χ1) is 13.9. The molecule has 5 atom stereocenters. The van der Waals surface area contributed by atoms with Crippen molar-refractivity contribution in [2.24, 2.45) is 11.3 Å². The number of hydrogen-bond acceptors (Lipinski definition) is 7. The number of benzene rings is 1. The summed E-state index contributed by atoms with van der Waals surface area (Å²) >= 11 is 0. The Morgan fingerprint density at radius 2 is 1.87 bits per heavy atom. The van der Waals surface area contributed by atoms with Gasteiger partial charge in [-0.3, -0.25) is 14.4 Å². The number of ketones is 1. The van der Waals surface area contributed by atoms with Gasteiger partial charge in [0.2, 0.25) is 0 Å². The lowest BCUT2D eigenvalue weighted by atomic mass is 9.47. The molecule has 0 unspecified atom stereocenters. The number of carbonyl (C=O) groups is 3. The maximum absolute atomic E-state index is 13.3. The zero-order valence-corrected chi connectivity index (χ0v) is 18.3. The van der Waals surface area contributed by atoms with Crippen molar-refractivity contribution in [1.29, 1.82) is 0 Å². The Kier molecular flexibility index (Phi) is 5.48. The standard InChI is InChI=1S/C23H30O7/c1-11(2)13-9-14-17(15(25)10-13)23(5)16(26)7-8-22(4,21(28)29-6)20(23)19(18(14)27)30-12(3)24/h9-11,18-20,25,27H,7-8H2,1-6H3/t18-,19+,20+,22+,23+/m0/s1. The van der Waals surface area contributed by atoms with E-state index in [9.17, 15) is 24.6 Å². The van der Waals surface area contributed by atoms with Gasteiger partial charge in [-0.1, -0.05) is 19.9 Å². The van der Waals surface area contributed by atoms with Crippen LogP contribution in [0.15, 0.2) is 12.1 Å². The average molecular weight is 418 g/mol. The van der Waals surface area contributed by atoms with E-state index in [1.807, 2.05) is 13.8 Å². The maximum Gasteiger partial charge on any atom is 0.312 e. The Labute approximate surface area is 176 Å². The van der Waals surface area contributed by atoms with Gasteiger partial charge in [0.1, 0.15) is 23.7 Å². The van der Waals surface area contributed by atoms with Crippen LogP contribution in [0.1, 0.15) is 76.2 Å². The first-order valence-corrected chi connectivity index (χ1v) is 10.2. The maximum atomic E-state index is 13.3. The van der Waals surface area contributed by atoms with Crippen molar-refractivity contribution in [3.8, 4) is 5.75 Å². The molecule has 0 spiro atoms. The first kappa shape index (κ1) is 22.3. The van der Waals surface area contributed by atoms with Crippen LogP contribution in [-0.4, -0.2) is 41.1 Å². The predicted octanol–water partition coefficient (Wildman–Crippen LogP) is 2.91. The van der Waals surface area contributed by atoms with E-state index in [4.69, 9.17) is 9.47 Å². The van der Waals surface area contributed by atoms with E-state index >= 15 is 0 Å². The number of esters is 2. The molecule has 2 N–H and O–H groups in total. The van der Waals surface area contributed by atoms with Gasteiger partial charge in [0, 0.05) is 24.8 Å². The fraction of sp³-hybridized carbons (Fsp3) is 0.609. The summed E-state index contributed by atoms with van der Waals surface area (Å²) in [6.07, 6.45) is -2.15. The van der Waals surface area contributed by atoms with Crippen LogP contribution in [0.25, 0.3) is 0 Å². The molecule has 1 fully saturated rings. The SMILES string of the molecule is COC(=O)[C@]1(C)CCC(=O)[C@]2(C)c3c(O)cc(C(C)C)cc3[C@H](O)[C@@H](OC(C)=O)[C@H]12. The van der Waals surface area contributed by atoms with E-state index in [2.05, 4.69) is 0 Å². The summed E-state index contributed by atoms with van der Waals surface area (Å²) in [4.78, 5) is 38.1. The molecule has 7 heteroatoms. The summed E-state index contributed by atoms with van der Waals surface area (Å²) in [6, 6.07) is 3.35. The number of phenols is 1. The van der Waals surface area contributed by atoms with Crippen molar-refractivity contribution in [2.75, 3.05) is 7.11 Å². The molecule has 0 bridgehead atoms. The topological polar surface area (TPSA) is 110 Å². The minimum absolute atomic E-state index is 0.0634. The third kappa shape index (κ3) is 3.02. The van der Waals surface area contributed by atoms with Crippen molar-refractivity contribution in [3.63, 3.8) is 0 Å². The highest BCUT2D eigenvalue weighted by Crippen LogP contribution is 2.61. The molecule has 7 nitrogen and oxygen atoms in total. The van der Waals surface area contributed by atoms with Gasteiger partial charge < -0.3 is 19.7 Å². The summed E-state index contributed by atoms with van der Waals surface area (Å²) in [6.45, 7) is 8.45. The van der Waals surface area contributed by atoms with Crippen LogP contribution < -0.4 is 0 Å². The minimum atomic E-state index is -1.34. The second kappa shape index (κ2) is 7.38. The summed E-state index contributed by atoms with van der Waals surface area (Å²) in [5, 5.41) is 22.2. The molecule has 0 saturated heterocycles. The summed E-state index contributed by atoms with van der Waals surface area (Å²) in [5.74, 6) is -2.29. The van der Waals surface area contributed by atoms with Gasteiger partial charge in [-0.2, -0.15) is 0 Å². The lowest BCUT2D eigenvalue weighted by Crippen LogP contribution is -2.63. The second-order valence-electron chi connectivity index (χ2n) is 9.19. The van der Waals surface area contributed by atoms with E-state index in [1.54, 1.807) is 26.0 Å². The number of aliphatic hydroxyl groups is 1. The molecule has 0 radical (unpaired) electrons. The van der Waals surface area contributed by atoms with Crippen LogP contribution in [0.5, 0.6) is 5.75 Å². The zero-order valence-electron chi connectivity index (χ0n) is 18.3. The van der Waals surface area contributed by atoms with Crippen LogP contribution in [0, 0.1) is 11.3 Å². The Balaban J connectivity index is 2.37. The lowest BCUT2D eigenvalue weighted by molar-refractivity contribution is -0.190. The van der Waals surface area contributed by atoms with Crippen LogP contribution >= 0.6 is 0 Å². The Bertz CT molecular complexity index is 905. The molecule has 30 heavy (non-hydrogen) atoms. The molecule has 1 aromatic rings. The molecule has 0 aromatic heterocycles. The van der Waals surface area contributed by atoms with Crippen LogP contribution in [0.3, 0.4) is 0 Å². The molecule has 164 valence electrons. The highest BCUT2D eigenvalue weighted by molar-refractivity contribution is 5.95. The quantitative estimate of drug-likeness (QED) is 0.726. The van der Waals surface area contributed by atoms with Gasteiger partial charge in [-0.25, -0.2) is 0 Å². The number of ether oxygens (including phenoxy) is 2. The fourth-order valence-electron chi connectivity index (χ4n) is 5.53. The van der Waals surface area contributed by atoms with E-state index < -0.39 is 40.9 Å². The molecule has 0 heterocycles. The molecule has 1 aromatic carbocycles. The van der Waals surface area contributed by atoms with Gasteiger partial charge >= 0.3 is 11.9 Å². The summed E-state index contributed by atoms with van der Waals surface area (Å²) in [5.41, 5.74) is -1.10. The Morgan fingerprint density at radius 1 is 1.23 bits per heavy atom. The van der Waals surface area contributed by atoms with Gasteiger partial charge in [0.25, 0.3) is 0 Å². The summed E-state index contributed by atoms with van der Waals surface area (Å²) < 4.78 is 10.6. The molecule has 1 saturated carbocycles. The number of phenolic OH excluding ortho intramolecular Hbond substituents is 1. The van der Waals surface area contributed by atoms with Crippen molar-refractivity contribution in [2.45, 2.75) is 71.0 Å². The number of aliphatic hydroxyl groups excluding tert-OH is 1. The highest BCUT2D eigenvalue weighted by Gasteiger charge is 2.66. The number of methoxy groups -OCH3 is 1. The Hall–Kier alpha value is -2.41. The molecule has 2 aliphatic rings. The molecule has 2 aliphatic carbocycles. The van der Waals surface area contributed by atoms with Crippen LogP contribution in [0.4, 0.5) is 0 Å². The van der Waals surface area contributed by atoms with E-state index in [-0.39, 0.29) is 30.3 Å². The van der Waals surface area contributed by atoms with Crippen molar-refractivity contribution < 1.29 is 34.1 Å². The molecule has 0 aliphatic heterocycles. The van der Waals surface area contributed by atoms with Crippen molar-refractivity contribution in [3.05, 3.63) is 28.8 Å². The third-order valence-electron chi connectivity index (χ3n) is 7.03. The molecule has 3 rings (SSSR count). The van der Waals surface area contributed by atoms with E-state index in [1.165, 1.54) is 14.0 Å². The van der Waals surface area contributed by atoms with Gasteiger partial charge in [-0.15, -0.1) is 0 Å². The second-order valence-corrected chi connectivity index (χ2v) is 9.19. The lowest BCUT2D eigenvalue weighted by Gasteiger charge is -2.56. The fourth-order valence-corrected chi connectivity index (χ4v) is 5.53. The number of carbonyl (C=O) groups excluding carboxylic acids is 3. The van der Waals surface area contributed by atoms with Crippen molar-refractivity contribution in [1.82, 2.24) is 0 Å². The largest absolute Gasteiger partial charge is 0.508 e. The molecule has 0 amide bonds. The van der Waals surface area contributed by atoms with Gasteiger partial charge in [-0.05, 0) is 43.4 Å². The molecular formula is C23H30O7. The predicted molar refractivity (Wildman–Crippen MR) is 108 cm³/mol. The number of Topliss-reactive ketones (excluding diaryl/α,β-unsaturated/α-hetero) is 1. The zero-order chi connectivity index (χ0) is 22.6. The van der Waals surface area contributed by atoms with Crippen LogP contribution in [-0.2, 0) is 29.3 Å². The number of fused-ring (bicyclic) bond motifs is 3. The van der Waals surface area contributed by atoms with Gasteiger partial charge in [0.05, 0.1) is 17.9 Å². The average Bonchev–Trinajstić information content (AvgIpc) is 2.67. The van der Waals surface area contributed by atoms with Crippen molar-refractivity contribution >= 4 is 17.7 Å². The monoisotopic (exact) mass is 418 g/mol.